The number of nitrogens with zero attached hydrogens (tertiary/aromatic N) is 4. The summed E-state index contributed by atoms with van der Waals surface area (Å²) in [6, 6.07) is 4.48. The van der Waals surface area contributed by atoms with Crippen molar-refractivity contribution in [1.29, 1.82) is 0 Å². The van der Waals surface area contributed by atoms with Crippen molar-refractivity contribution >= 4 is 38.4 Å². The molecular formula is C22H27N6NaO13P2. The van der Waals surface area contributed by atoms with Gasteiger partial charge in [0.1, 0.15) is 47.9 Å². The second-order valence-corrected chi connectivity index (χ2v) is 12.6. The molecule has 7 N–H and O–H groups in total. The molecule has 0 radical (unpaired) electrons. The van der Waals surface area contributed by atoms with Crippen LogP contribution in [-0.2, 0) is 32.0 Å². The zero-order valence-corrected chi connectivity index (χ0v) is 26.8. The van der Waals surface area contributed by atoms with Crippen molar-refractivity contribution in [2.24, 2.45) is 5.73 Å². The maximum absolute atomic E-state index is 12.3. The summed E-state index contributed by atoms with van der Waals surface area (Å²) in [5, 5.41) is 31.6. The predicted octanol–water partition coefficient (Wildman–Crippen LogP) is -5.64. The molecule has 0 bridgehead atoms. The maximum Gasteiger partial charge on any atom is 1.00 e. The van der Waals surface area contributed by atoms with Crippen molar-refractivity contribution in [3.8, 4) is 0 Å². The number of carbonyl (C=O) groups is 1. The molecule has 2 unspecified atom stereocenters. The van der Waals surface area contributed by atoms with E-state index in [0.29, 0.717) is 11.0 Å². The third kappa shape index (κ3) is 7.72. The number of phosphoric ester groups is 2. The maximum atomic E-state index is 12.3. The van der Waals surface area contributed by atoms with E-state index in [9.17, 15) is 39.0 Å². The number of carbonyl (C=O) groups excluding carboxylic acids is 1. The van der Waals surface area contributed by atoms with Crippen LogP contribution in [0.3, 0.4) is 0 Å². The molecule has 1 amide bonds. The molecule has 5 heterocycles. The Bertz CT molecular complexity index is 1600. The average molecular weight is 668 g/mol. The number of nitrogen functional groups attached to an aromatic ring is 1. The van der Waals surface area contributed by atoms with E-state index >= 15 is 0 Å². The van der Waals surface area contributed by atoms with Crippen LogP contribution >= 0.6 is 15.6 Å². The molecule has 2 saturated heterocycles. The van der Waals surface area contributed by atoms with E-state index in [4.69, 9.17) is 20.9 Å². The fourth-order valence-corrected chi connectivity index (χ4v) is 6.68. The fourth-order valence-electron chi connectivity index (χ4n) is 4.67. The van der Waals surface area contributed by atoms with E-state index in [1.54, 1.807) is 16.8 Å². The number of hydrogen-bond donors (Lipinski definition) is 5. The molecule has 234 valence electrons. The number of aliphatic hydroxyl groups is 3. The van der Waals surface area contributed by atoms with Gasteiger partial charge in [-0.05, 0) is 12.1 Å². The van der Waals surface area contributed by atoms with Crippen molar-refractivity contribution in [3.05, 3.63) is 48.7 Å². The molecule has 2 aliphatic heterocycles. The monoisotopic (exact) mass is 668 g/mol. The molecule has 9 atom stereocenters. The van der Waals surface area contributed by atoms with Crippen LogP contribution in [0.25, 0.3) is 11.0 Å². The number of primary amides is 1. The van der Waals surface area contributed by atoms with Crippen LogP contribution in [0, 0.1) is 0 Å². The number of fused-ring (bicyclic) bond motifs is 1. The SMILES string of the molecule is NC(=O)c1ccc[n+]([C@@H]2O[C@H](COP(=O)([O-])OP(=O)([O-])OC[C@H]3O[C@@H](n4ccc5c(N)ncnc54)C[C@@H]3O)[C@@H](O)[C@H]2O)c1.[Na+]. The summed E-state index contributed by atoms with van der Waals surface area (Å²) in [6.45, 7) is -1.74. The van der Waals surface area contributed by atoms with E-state index in [2.05, 4.69) is 23.3 Å². The van der Waals surface area contributed by atoms with Crippen LogP contribution in [0.1, 0.15) is 29.2 Å². The molecule has 0 spiro atoms. The van der Waals surface area contributed by atoms with Crippen molar-refractivity contribution in [3.63, 3.8) is 0 Å². The first kappa shape index (κ1) is 35.0. The van der Waals surface area contributed by atoms with E-state index in [-0.39, 0.29) is 47.4 Å². The average Bonchev–Trinajstić information content (AvgIpc) is 3.62. The minimum Gasteiger partial charge on any atom is -0.756 e. The third-order valence-electron chi connectivity index (χ3n) is 6.79. The quantitative estimate of drug-likeness (QED) is 0.0723. The molecule has 0 aliphatic carbocycles. The van der Waals surface area contributed by atoms with Crippen molar-refractivity contribution in [1.82, 2.24) is 14.5 Å². The summed E-state index contributed by atoms with van der Waals surface area (Å²) in [5.74, 6) is -0.533. The Labute approximate surface area is 270 Å². The van der Waals surface area contributed by atoms with E-state index in [1.165, 1.54) is 35.4 Å². The molecule has 22 heteroatoms. The van der Waals surface area contributed by atoms with Gasteiger partial charge in [0.25, 0.3) is 27.8 Å². The topological polar surface area (TPSA) is 291 Å². The smallest absolute Gasteiger partial charge is 0.756 e. The van der Waals surface area contributed by atoms with E-state index < -0.39 is 77.7 Å². The number of rotatable bonds is 11. The Morgan fingerprint density at radius 2 is 1.77 bits per heavy atom. The van der Waals surface area contributed by atoms with Gasteiger partial charge in [-0.2, -0.15) is 4.57 Å². The van der Waals surface area contributed by atoms with Crippen LogP contribution < -0.4 is 55.4 Å². The Morgan fingerprint density at radius 3 is 2.45 bits per heavy atom. The van der Waals surface area contributed by atoms with Crippen molar-refractivity contribution in [2.45, 2.75) is 49.4 Å². The van der Waals surface area contributed by atoms with Gasteiger partial charge in [-0.25, -0.2) is 14.3 Å². The number of phosphoric acid groups is 2. The number of pyridine rings is 1. The second-order valence-electron chi connectivity index (χ2n) is 9.67. The van der Waals surface area contributed by atoms with Gasteiger partial charge in [0.15, 0.2) is 18.5 Å². The van der Waals surface area contributed by atoms with E-state index in [0.717, 1.165) is 0 Å². The van der Waals surface area contributed by atoms with Gasteiger partial charge in [-0.1, -0.05) is 0 Å². The Hall–Kier alpha value is -1.90. The number of amides is 1. The molecule has 0 aromatic carbocycles. The molecule has 3 aromatic heterocycles. The van der Waals surface area contributed by atoms with Gasteiger partial charge in [0.2, 0.25) is 0 Å². The van der Waals surface area contributed by atoms with Gasteiger partial charge >= 0.3 is 29.6 Å². The summed E-state index contributed by atoms with van der Waals surface area (Å²) in [6.07, 6.45) is -3.60. The van der Waals surface area contributed by atoms with Crippen LogP contribution in [0.2, 0.25) is 0 Å². The molecule has 2 fully saturated rings. The first-order valence-electron chi connectivity index (χ1n) is 12.6. The number of anilines is 1. The van der Waals surface area contributed by atoms with Crippen LogP contribution in [-0.4, -0.2) is 79.5 Å². The molecular weight excluding hydrogens is 641 g/mol. The summed E-state index contributed by atoms with van der Waals surface area (Å²) >= 11 is 0. The van der Waals surface area contributed by atoms with Crippen LogP contribution in [0.4, 0.5) is 5.82 Å². The molecule has 2 aliphatic rings. The Morgan fingerprint density at radius 1 is 1.09 bits per heavy atom. The number of aliphatic hydroxyl groups excluding tert-OH is 3. The van der Waals surface area contributed by atoms with Gasteiger partial charge in [-0.15, -0.1) is 0 Å². The predicted molar refractivity (Wildman–Crippen MR) is 136 cm³/mol. The zero-order chi connectivity index (χ0) is 31.1. The molecule has 5 rings (SSSR count). The van der Waals surface area contributed by atoms with Crippen LogP contribution in [0.15, 0.2) is 43.1 Å². The minimum atomic E-state index is -5.61. The number of hydrogen-bond acceptors (Lipinski definition) is 16. The van der Waals surface area contributed by atoms with Crippen LogP contribution in [0.5, 0.6) is 0 Å². The summed E-state index contributed by atoms with van der Waals surface area (Å²) < 4.78 is 51.8. The molecule has 19 nitrogen and oxygen atoms in total. The van der Waals surface area contributed by atoms with Gasteiger partial charge in [0, 0.05) is 18.7 Å². The number of aromatic nitrogens is 4. The normalized spacial score (nSPS) is 29.6. The number of nitrogens with two attached hydrogens (primary N) is 2. The summed E-state index contributed by atoms with van der Waals surface area (Å²) in [4.78, 5) is 44.0. The summed E-state index contributed by atoms with van der Waals surface area (Å²) in [7, 11) is -11.2. The molecule has 3 aromatic rings. The molecule has 0 saturated carbocycles. The second kappa shape index (κ2) is 13.8. The van der Waals surface area contributed by atoms with Crippen molar-refractivity contribution in [2.75, 3.05) is 18.9 Å². The molecule has 44 heavy (non-hydrogen) atoms. The zero-order valence-electron chi connectivity index (χ0n) is 23.0. The van der Waals surface area contributed by atoms with Crippen molar-refractivity contribution < 1.29 is 96.0 Å². The van der Waals surface area contributed by atoms with Gasteiger partial charge in [-0.3, -0.25) is 13.9 Å². The summed E-state index contributed by atoms with van der Waals surface area (Å²) in [5.41, 5.74) is 11.5. The van der Waals surface area contributed by atoms with E-state index in [1.807, 2.05) is 0 Å². The number of ether oxygens (including phenoxy) is 2. The largest absolute Gasteiger partial charge is 1.00 e. The standard InChI is InChI=1S/C22H28N6O13P2.Na/c23-19-12-3-5-28(21(12)26-10-25-19)16-6-13(29)14(39-16)8-37-42(33,34)41-43(35,36)38-9-15-17(30)18(31)22(40-15)27-4-1-2-11(7-27)20(24)32;/h1-5,7,10,13-18,22,29-31H,6,8-9H2,(H5-,23,24,25,26,32,33,34,35,36);/q;+1/p-1/t13-,14+,15+,16+,17+,18+,22+;/m0./s1. The Balaban J connectivity index is 0.00000442. The first-order valence-corrected chi connectivity index (χ1v) is 15.5. The van der Waals surface area contributed by atoms with Gasteiger partial charge in [0.05, 0.1) is 24.7 Å². The first-order chi connectivity index (χ1) is 20.2. The minimum absolute atomic E-state index is 0. The fraction of sp³-hybridized carbons (Fsp3) is 0.455. The third-order valence-corrected chi connectivity index (χ3v) is 9.32. The Kier molecular flexibility index (Phi) is 11.0. The van der Waals surface area contributed by atoms with Gasteiger partial charge < -0.3 is 59.7 Å².